The average Bonchev–Trinajstić information content (AvgIpc) is 3.59. The van der Waals surface area contributed by atoms with Crippen molar-refractivity contribution in [1.29, 1.82) is 0 Å². The second-order valence-electron chi connectivity index (χ2n) is 11.7. The molecule has 1 saturated carbocycles. The third kappa shape index (κ3) is 3.94. The number of primary amides is 1. The van der Waals surface area contributed by atoms with E-state index in [-0.39, 0.29) is 29.7 Å². The molecule has 11 nitrogen and oxygen atoms in total. The maximum absolute atomic E-state index is 14.0. The molecule has 1 amide bonds. The first-order chi connectivity index (χ1) is 19.4. The minimum atomic E-state index is -2.66. The summed E-state index contributed by atoms with van der Waals surface area (Å²) >= 11 is 0. The molecule has 4 atom stereocenters. The van der Waals surface area contributed by atoms with Crippen molar-refractivity contribution in [2.75, 3.05) is 27.2 Å². The summed E-state index contributed by atoms with van der Waals surface area (Å²) in [4.78, 5) is 43.2. The van der Waals surface area contributed by atoms with E-state index in [0.29, 0.717) is 23.4 Å². The molecule has 11 heteroatoms. The van der Waals surface area contributed by atoms with Gasteiger partial charge in [0.1, 0.15) is 34.4 Å². The highest BCUT2D eigenvalue weighted by molar-refractivity contribution is 6.24. The van der Waals surface area contributed by atoms with Crippen LogP contribution < -0.4 is 5.73 Å². The van der Waals surface area contributed by atoms with Gasteiger partial charge in [-0.25, -0.2) is 0 Å². The Kier molecular flexibility index (Phi) is 6.36. The van der Waals surface area contributed by atoms with Crippen LogP contribution in [0.5, 0.6) is 5.75 Å². The molecule has 2 heterocycles. The fourth-order valence-electron chi connectivity index (χ4n) is 7.24. The number of hydrogen-bond acceptors (Lipinski definition) is 10. The molecule has 3 aliphatic carbocycles. The quantitative estimate of drug-likeness (QED) is 0.337. The lowest BCUT2D eigenvalue weighted by molar-refractivity contribution is -0.153. The van der Waals surface area contributed by atoms with Crippen molar-refractivity contribution in [3.63, 3.8) is 0 Å². The van der Waals surface area contributed by atoms with E-state index in [2.05, 4.69) is 4.90 Å². The van der Waals surface area contributed by atoms with E-state index in [1.165, 1.54) is 11.0 Å². The van der Waals surface area contributed by atoms with Crippen molar-refractivity contribution in [2.45, 2.75) is 43.9 Å². The lowest BCUT2D eigenvalue weighted by atomic mass is 9.57. The highest BCUT2D eigenvalue weighted by atomic mass is 16.4. The van der Waals surface area contributed by atoms with Crippen LogP contribution in [0, 0.1) is 11.8 Å². The van der Waals surface area contributed by atoms with Crippen molar-refractivity contribution in [1.82, 2.24) is 9.80 Å². The van der Waals surface area contributed by atoms with Crippen LogP contribution >= 0.6 is 0 Å². The number of fused-ring (bicyclic) bond motifs is 3. The van der Waals surface area contributed by atoms with Crippen LogP contribution in [-0.2, 0) is 27.3 Å². The maximum Gasteiger partial charge on any atom is 0.255 e. The molecule has 0 radical (unpaired) electrons. The summed E-state index contributed by atoms with van der Waals surface area (Å²) in [7, 11) is 3.14. The number of phenols is 1. The van der Waals surface area contributed by atoms with Crippen molar-refractivity contribution in [3.8, 4) is 17.1 Å². The zero-order valence-corrected chi connectivity index (χ0v) is 22.9. The molecule has 6 rings (SSSR count). The molecule has 2 fully saturated rings. The fraction of sp³-hybridized carbons (Fsp3) is 0.433. The molecule has 0 bridgehead atoms. The van der Waals surface area contributed by atoms with E-state index < -0.39 is 58.0 Å². The summed E-state index contributed by atoms with van der Waals surface area (Å²) in [6, 6.07) is 5.72. The lowest BCUT2D eigenvalue weighted by Gasteiger charge is -2.50. The normalized spacial score (nSPS) is 28.2. The Bertz CT molecular complexity index is 1550. The standard InChI is InChI=1S/C30H33N3O8/c1-32(2)24-18-12-14-11-17-16(20-8-5-15(41-20)13-33-9-3-4-10-33)6-7-19(34)22(17)25(35)21(14)27(37)30(18,40)28(38)23(26(24)36)29(31)39/h5-8,14,18,24,34-35,38,40H,3-4,9-13H2,1-2H3,(H2,31,39)/t14-,18+,24-,30+/m1/s1. The number of likely N-dealkylation sites (tertiary alicyclic amines) is 1. The van der Waals surface area contributed by atoms with Crippen LogP contribution in [0.1, 0.15) is 36.1 Å². The van der Waals surface area contributed by atoms with Crippen LogP contribution in [0.3, 0.4) is 0 Å². The lowest BCUT2D eigenvalue weighted by Crippen LogP contribution is -2.65. The molecule has 1 aromatic heterocycles. The monoisotopic (exact) mass is 563 g/mol. The Hall–Kier alpha value is -3.93. The van der Waals surface area contributed by atoms with Gasteiger partial charge in [-0.05, 0) is 88.6 Å². The van der Waals surface area contributed by atoms with Crippen LogP contribution in [0.15, 0.2) is 45.6 Å². The highest BCUT2D eigenvalue weighted by Crippen LogP contribution is 2.53. The number of hydrogen-bond donors (Lipinski definition) is 5. The molecule has 41 heavy (non-hydrogen) atoms. The number of ketones is 2. The number of phenolic OH excluding ortho intramolecular Hbond substituents is 1. The number of aliphatic hydroxyl groups excluding tert-OH is 2. The van der Waals surface area contributed by atoms with Gasteiger partial charge in [0.15, 0.2) is 11.4 Å². The van der Waals surface area contributed by atoms with Crippen LogP contribution in [0.25, 0.3) is 17.1 Å². The molecule has 1 aliphatic heterocycles. The largest absolute Gasteiger partial charge is 0.508 e. The number of likely N-dealkylation sites (N-methyl/N-ethyl adjacent to an activating group) is 1. The number of carbonyl (C=O) groups is 3. The van der Waals surface area contributed by atoms with Crippen LogP contribution in [0.4, 0.5) is 0 Å². The molecule has 1 aromatic carbocycles. The second kappa shape index (κ2) is 9.57. The molecular formula is C30H33N3O8. The minimum Gasteiger partial charge on any atom is -0.508 e. The maximum atomic E-state index is 14.0. The first-order valence-electron chi connectivity index (χ1n) is 13.8. The van der Waals surface area contributed by atoms with Gasteiger partial charge in [-0.2, -0.15) is 0 Å². The number of Topliss-reactive ketones (excluding diaryl/α,β-unsaturated/α-hetero) is 2. The SMILES string of the molecule is CN(C)[C@H]1C(=O)C(C(N)=O)=C(O)[C@@]2(O)C(=O)C3=C(O)c4c(O)ccc(-c5ccc(CN6CCCC6)o5)c4C[C@@H]3C[C@@H]12. The number of furan rings is 1. The van der Waals surface area contributed by atoms with Gasteiger partial charge in [0.2, 0.25) is 5.78 Å². The summed E-state index contributed by atoms with van der Waals surface area (Å²) in [6.07, 6.45) is 2.53. The Balaban J connectivity index is 1.46. The Labute approximate surface area is 236 Å². The van der Waals surface area contributed by atoms with Crippen molar-refractivity contribution >= 4 is 23.2 Å². The molecule has 0 unspecified atom stereocenters. The van der Waals surface area contributed by atoms with Crippen LogP contribution in [0.2, 0.25) is 0 Å². The zero-order valence-electron chi connectivity index (χ0n) is 22.9. The molecule has 6 N–H and O–H groups in total. The number of nitrogens with two attached hydrogens (primary N) is 1. The number of aliphatic hydroxyl groups is 3. The Morgan fingerprint density at radius 3 is 2.49 bits per heavy atom. The first kappa shape index (κ1) is 27.3. The highest BCUT2D eigenvalue weighted by Gasteiger charge is 2.64. The van der Waals surface area contributed by atoms with Crippen molar-refractivity contribution in [3.05, 3.63) is 58.1 Å². The van der Waals surface area contributed by atoms with Gasteiger partial charge in [-0.15, -0.1) is 0 Å². The predicted molar refractivity (Wildman–Crippen MR) is 146 cm³/mol. The van der Waals surface area contributed by atoms with E-state index in [9.17, 15) is 34.8 Å². The molecule has 216 valence electrons. The average molecular weight is 564 g/mol. The van der Waals surface area contributed by atoms with Gasteiger partial charge < -0.3 is 30.6 Å². The molecular weight excluding hydrogens is 530 g/mol. The molecule has 0 spiro atoms. The third-order valence-electron chi connectivity index (χ3n) is 9.11. The van der Waals surface area contributed by atoms with Gasteiger partial charge in [0.05, 0.1) is 18.2 Å². The number of aromatic hydroxyl groups is 1. The summed E-state index contributed by atoms with van der Waals surface area (Å²) in [5.41, 5.74) is 2.95. The third-order valence-corrected chi connectivity index (χ3v) is 9.11. The summed E-state index contributed by atoms with van der Waals surface area (Å²) < 4.78 is 6.18. The number of amides is 1. The van der Waals surface area contributed by atoms with Gasteiger partial charge in [-0.1, -0.05) is 0 Å². The topological polar surface area (TPSA) is 178 Å². The number of benzene rings is 1. The smallest absolute Gasteiger partial charge is 0.255 e. The Morgan fingerprint density at radius 2 is 1.83 bits per heavy atom. The molecule has 4 aliphatic rings. The van der Waals surface area contributed by atoms with Crippen molar-refractivity contribution < 1.29 is 39.2 Å². The predicted octanol–water partition coefficient (Wildman–Crippen LogP) is 1.82. The van der Waals surface area contributed by atoms with Crippen LogP contribution in [-0.4, -0.2) is 86.5 Å². The van der Waals surface area contributed by atoms with Gasteiger partial charge >= 0.3 is 0 Å². The summed E-state index contributed by atoms with van der Waals surface area (Å²) in [5, 5.41) is 45.0. The van der Waals surface area contributed by atoms with Gasteiger partial charge in [0.25, 0.3) is 5.91 Å². The number of nitrogens with zero attached hydrogens (tertiary/aromatic N) is 2. The van der Waals surface area contributed by atoms with E-state index in [0.717, 1.165) is 31.7 Å². The Morgan fingerprint density at radius 1 is 1.12 bits per heavy atom. The zero-order chi connectivity index (χ0) is 29.4. The van der Waals surface area contributed by atoms with E-state index in [1.54, 1.807) is 20.2 Å². The summed E-state index contributed by atoms with van der Waals surface area (Å²) in [5.74, 6) is -5.41. The number of carbonyl (C=O) groups excluding carboxylic acids is 3. The molecule has 2 aromatic rings. The van der Waals surface area contributed by atoms with Crippen molar-refractivity contribution in [2.24, 2.45) is 17.6 Å². The summed E-state index contributed by atoms with van der Waals surface area (Å²) in [6.45, 7) is 2.70. The number of rotatable bonds is 5. The first-order valence-corrected chi connectivity index (χ1v) is 13.8. The van der Waals surface area contributed by atoms with E-state index >= 15 is 0 Å². The van der Waals surface area contributed by atoms with Gasteiger partial charge in [-0.3, -0.25) is 24.2 Å². The van der Waals surface area contributed by atoms with E-state index in [4.69, 9.17) is 10.2 Å². The second-order valence-corrected chi connectivity index (χ2v) is 11.7. The van der Waals surface area contributed by atoms with Gasteiger partial charge in [0, 0.05) is 17.1 Å². The fourth-order valence-corrected chi connectivity index (χ4v) is 7.24. The van der Waals surface area contributed by atoms with E-state index in [1.807, 2.05) is 12.1 Å². The minimum absolute atomic E-state index is 0.0270. The molecule has 1 saturated heterocycles.